The van der Waals surface area contributed by atoms with Gasteiger partial charge >= 0.3 is 0 Å². The summed E-state index contributed by atoms with van der Waals surface area (Å²) in [6.07, 6.45) is 2.23. The van der Waals surface area contributed by atoms with Crippen molar-refractivity contribution in [2.45, 2.75) is 26.7 Å². The third-order valence-electron chi connectivity index (χ3n) is 3.42. The van der Waals surface area contributed by atoms with Gasteiger partial charge in [0.1, 0.15) is 0 Å². The lowest BCUT2D eigenvalue weighted by atomic mass is 10.0. The third-order valence-corrected chi connectivity index (χ3v) is 3.42. The molecule has 1 aromatic carbocycles. The minimum Gasteiger partial charge on any atom is -0.436 e. The van der Waals surface area contributed by atoms with Crippen LogP contribution in [0.4, 0.5) is 11.4 Å². The summed E-state index contributed by atoms with van der Waals surface area (Å²) in [5.74, 6) is 0.506. The Morgan fingerprint density at radius 1 is 1.40 bits per heavy atom. The fourth-order valence-electron chi connectivity index (χ4n) is 2.47. The summed E-state index contributed by atoms with van der Waals surface area (Å²) in [5.41, 5.74) is 3.76. The average Bonchev–Trinajstić information content (AvgIpc) is 2.78. The topological polar surface area (TPSA) is 67.2 Å². The molecule has 5 heteroatoms. The minimum atomic E-state index is -0.265. The number of carbonyl (C=O) groups is 1. The number of rotatable bonds is 2. The molecule has 0 atom stereocenters. The fourth-order valence-corrected chi connectivity index (χ4v) is 2.47. The molecule has 2 heterocycles. The first kappa shape index (κ1) is 12.7. The zero-order valence-electron chi connectivity index (χ0n) is 11.6. The molecule has 1 aliphatic heterocycles. The molecule has 1 amide bonds. The number of benzene rings is 1. The van der Waals surface area contributed by atoms with Gasteiger partial charge < -0.3 is 15.1 Å². The highest BCUT2D eigenvalue weighted by molar-refractivity contribution is 6.03. The first-order chi connectivity index (χ1) is 9.63. The van der Waals surface area contributed by atoms with Crippen molar-refractivity contribution in [2.24, 2.45) is 0 Å². The first-order valence-corrected chi connectivity index (χ1v) is 6.75. The van der Waals surface area contributed by atoms with Crippen molar-refractivity contribution >= 4 is 17.3 Å². The van der Waals surface area contributed by atoms with Crippen molar-refractivity contribution in [1.29, 1.82) is 0 Å². The van der Waals surface area contributed by atoms with E-state index in [1.807, 2.05) is 12.1 Å². The Hall–Kier alpha value is -2.30. The van der Waals surface area contributed by atoms with Gasteiger partial charge in [0, 0.05) is 24.8 Å². The second-order valence-corrected chi connectivity index (χ2v) is 5.00. The van der Waals surface area contributed by atoms with Crippen LogP contribution in [0.2, 0.25) is 0 Å². The van der Waals surface area contributed by atoms with Crippen LogP contribution in [0, 0.1) is 13.8 Å². The zero-order valence-corrected chi connectivity index (χ0v) is 11.6. The van der Waals surface area contributed by atoms with Crippen molar-refractivity contribution in [3.8, 4) is 0 Å². The molecule has 0 spiro atoms. The van der Waals surface area contributed by atoms with Crippen LogP contribution in [0.15, 0.2) is 22.6 Å². The van der Waals surface area contributed by atoms with Gasteiger partial charge in [-0.05, 0) is 37.5 Å². The lowest BCUT2D eigenvalue weighted by Crippen LogP contribution is -2.15. The lowest BCUT2D eigenvalue weighted by molar-refractivity contribution is 0.0994. The summed E-state index contributed by atoms with van der Waals surface area (Å²) in [4.78, 5) is 16.3. The summed E-state index contributed by atoms with van der Waals surface area (Å²) in [5, 5.41) is 6.19. The number of nitrogens with zero attached hydrogens (tertiary/aromatic N) is 1. The third kappa shape index (κ3) is 2.39. The van der Waals surface area contributed by atoms with Gasteiger partial charge in [0.25, 0.3) is 5.91 Å². The number of anilines is 2. The van der Waals surface area contributed by atoms with E-state index in [1.165, 1.54) is 5.56 Å². The molecule has 3 rings (SSSR count). The van der Waals surface area contributed by atoms with E-state index in [2.05, 4.69) is 21.7 Å². The second kappa shape index (κ2) is 5.00. The van der Waals surface area contributed by atoms with Gasteiger partial charge in [-0.2, -0.15) is 0 Å². The molecule has 0 saturated heterocycles. The number of nitrogens with one attached hydrogen (secondary N) is 2. The Labute approximate surface area is 117 Å². The van der Waals surface area contributed by atoms with Gasteiger partial charge in [-0.15, -0.1) is 0 Å². The Morgan fingerprint density at radius 2 is 2.25 bits per heavy atom. The van der Waals surface area contributed by atoms with Crippen LogP contribution in [0.5, 0.6) is 0 Å². The van der Waals surface area contributed by atoms with Gasteiger partial charge in [0.2, 0.25) is 5.76 Å². The largest absolute Gasteiger partial charge is 0.436 e. The van der Waals surface area contributed by atoms with Crippen LogP contribution < -0.4 is 10.6 Å². The number of aryl methyl sites for hydroxylation is 3. The van der Waals surface area contributed by atoms with Crippen molar-refractivity contribution in [3.63, 3.8) is 0 Å². The van der Waals surface area contributed by atoms with E-state index in [9.17, 15) is 4.79 Å². The normalized spacial score (nSPS) is 13.5. The molecular formula is C15H17N3O2. The number of amides is 1. The molecular weight excluding hydrogens is 254 g/mol. The van der Waals surface area contributed by atoms with Crippen molar-refractivity contribution in [2.75, 3.05) is 17.2 Å². The summed E-state index contributed by atoms with van der Waals surface area (Å²) < 4.78 is 5.32. The van der Waals surface area contributed by atoms with Crippen LogP contribution >= 0.6 is 0 Å². The quantitative estimate of drug-likeness (QED) is 0.881. The van der Waals surface area contributed by atoms with Gasteiger partial charge in [-0.3, -0.25) is 4.79 Å². The average molecular weight is 271 g/mol. The Morgan fingerprint density at radius 3 is 3.00 bits per heavy atom. The fraction of sp³-hybridized carbons (Fsp3) is 0.333. The van der Waals surface area contributed by atoms with Crippen LogP contribution in [0.1, 0.15) is 34.1 Å². The standard InChI is InChI=1S/C15H17N3O2/c1-9-14(20-10(2)17-9)15(19)18-12-6-5-11-4-3-7-16-13(11)8-12/h5-6,8,16H,3-4,7H2,1-2H3,(H,18,19). The number of hydrogen-bond acceptors (Lipinski definition) is 4. The van der Waals surface area contributed by atoms with Crippen molar-refractivity contribution in [1.82, 2.24) is 4.98 Å². The minimum absolute atomic E-state index is 0.265. The molecule has 1 aromatic heterocycles. The highest BCUT2D eigenvalue weighted by atomic mass is 16.4. The van der Waals surface area contributed by atoms with Crippen LogP contribution in [0.3, 0.4) is 0 Å². The van der Waals surface area contributed by atoms with Gasteiger partial charge in [0.15, 0.2) is 5.89 Å². The molecule has 0 fully saturated rings. The van der Waals surface area contributed by atoms with Crippen molar-refractivity contribution in [3.05, 3.63) is 41.1 Å². The molecule has 0 aliphatic carbocycles. The predicted molar refractivity (Wildman–Crippen MR) is 77.2 cm³/mol. The van der Waals surface area contributed by atoms with E-state index < -0.39 is 0 Å². The highest BCUT2D eigenvalue weighted by Gasteiger charge is 2.17. The van der Waals surface area contributed by atoms with E-state index in [0.29, 0.717) is 11.6 Å². The summed E-state index contributed by atoms with van der Waals surface area (Å²) in [6.45, 7) is 4.47. The molecule has 0 radical (unpaired) electrons. The number of carbonyl (C=O) groups excluding carboxylic acids is 1. The maximum atomic E-state index is 12.2. The first-order valence-electron chi connectivity index (χ1n) is 6.75. The van der Waals surface area contributed by atoms with E-state index in [1.54, 1.807) is 13.8 Å². The van der Waals surface area contributed by atoms with E-state index >= 15 is 0 Å². The number of aromatic nitrogens is 1. The molecule has 2 N–H and O–H groups in total. The van der Waals surface area contributed by atoms with Gasteiger partial charge in [-0.25, -0.2) is 4.98 Å². The summed E-state index contributed by atoms with van der Waals surface area (Å²) in [7, 11) is 0. The number of hydrogen-bond donors (Lipinski definition) is 2. The van der Waals surface area contributed by atoms with Crippen LogP contribution in [-0.4, -0.2) is 17.4 Å². The van der Waals surface area contributed by atoms with Crippen LogP contribution in [-0.2, 0) is 6.42 Å². The van der Waals surface area contributed by atoms with E-state index in [-0.39, 0.29) is 11.7 Å². The van der Waals surface area contributed by atoms with E-state index in [0.717, 1.165) is 30.8 Å². The lowest BCUT2D eigenvalue weighted by Gasteiger charge is -2.18. The Bertz CT molecular complexity index is 661. The molecule has 20 heavy (non-hydrogen) atoms. The highest BCUT2D eigenvalue weighted by Crippen LogP contribution is 2.25. The molecule has 104 valence electrons. The SMILES string of the molecule is Cc1nc(C)c(C(=O)Nc2ccc3c(c2)NCCC3)o1. The maximum absolute atomic E-state index is 12.2. The second-order valence-electron chi connectivity index (χ2n) is 5.00. The molecule has 0 saturated carbocycles. The predicted octanol–water partition coefficient (Wildman–Crippen LogP) is 2.90. The maximum Gasteiger partial charge on any atom is 0.293 e. The van der Waals surface area contributed by atoms with Crippen LogP contribution in [0.25, 0.3) is 0 Å². The smallest absolute Gasteiger partial charge is 0.293 e. The monoisotopic (exact) mass is 271 g/mol. The summed E-state index contributed by atoms with van der Waals surface area (Å²) >= 11 is 0. The van der Waals surface area contributed by atoms with Gasteiger partial charge in [0.05, 0.1) is 5.69 Å². The summed E-state index contributed by atoms with van der Waals surface area (Å²) in [6, 6.07) is 5.93. The molecule has 0 bridgehead atoms. The number of fused-ring (bicyclic) bond motifs is 1. The number of oxazole rings is 1. The Kier molecular flexibility index (Phi) is 3.18. The molecule has 2 aromatic rings. The molecule has 1 aliphatic rings. The van der Waals surface area contributed by atoms with Gasteiger partial charge in [-0.1, -0.05) is 6.07 Å². The Balaban J connectivity index is 1.81. The zero-order chi connectivity index (χ0) is 14.1. The molecule has 0 unspecified atom stereocenters. The molecule has 5 nitrogen and oxygen atoms in total. The van der Waals surface area contributed by atoms with Crippen molar-refractivity contribution < 1.29 is 9.21 Å². The van der Waals surface area contributed by atoms with E-state index in [4.69, 9.17) is 4.42 Å².